The first-order valence-electron chi connectivity index (χ1n) is 11.9. The monoisotopic (exact) mass is 495 g/mol. The number of likely N-dealkylation sites (tertiary alicyclic amines) is 1. The summed E-state index contributed by atoms with van der Waals surface area (Å²) < 4.78 is 28.2. The van der Waals surface area contributed by atoms with Crippen LogP contribution in [-0.4, -0.2) is 54.7 Å². The molecule has 0 radical (unpaired) electrons. The van der Waals surface area contributed by atoms with Crippen LogP contribution in [0.4, 0.5) is 0 Å². The molecule has 1 unspecified atom stereocenters. The van der Waals surface area contributed by atoms with Crippen LogP contribution in [0.25, 0.3) is 16.3 Å². The van der Waals surface area contributed by atoms with Crippen molar-refractivity contribution in [1.82, 2.24) is 14.2 Å². The van der Waals surface area contributed by atoms with E-state index in [0.717, 1.165) is 35.5 Å². The number of nitrogens with zero attached hydrogens (tertiary/aromatic N) is 3. The van der Waals surface area contributed by atoms with Crippen molar-refractivity contribution in [2.45, 2.75) is 31.6 Å². The van der Waals surface area contributed by atoms with Crippen LogP contribution >= 0.6 is 11.3 Å². The number of carbonyl (C=O) groups is 1. The summed E-state index contributed by atoms with van der Waals surface area (Å²) in [6.45, 7) is 2.25. The SMILES string of the molecule is O=C(C1CCN(S(=O)(=O)C=Cc2ccccc2)CC1)N1CCCC(c2nc3ccccc3s2)C1. The highest BCUT2D eigenvalue weighted by Crippen LogP contribution is 2.34. The number of rotatable bonds is 5. The van der Waals surface area contributed by atoms with E-state index >= 15 is 0 Å². The van der Waals surface area contributed by atoms with Crippen molar-refractivity contribution in [2.75, 3.05) is 26.2 Å². The molecule has 2 aromatic carbocycles. The van der Waals surface area contributed by atoms with Crippen LogP contribution in [0, 0.1) is 5.92 Å². The molecule has 2 aliphatic heterocycles. The molecule has 3 heterocycles. The molecule has 3 aromatic rings. The third-order valence-corrected chi connectivity index (χ3v) is 9.55. The predicted octanol–water partition coefficient (Wildman–Crippen LogP) is 4.72. The molecular weight excluding hydrogens is 466 g/mol. The standard InChI is InChI=1S/C26H29N3O3S2/c30-26(28-15-6-9-22(19-28)25-27-23-10-4-5-11-24(23)33-25)21-12-16-29(17-13-21)34(31,32)18-14-20-7-2-1-3-8-20/h1-5,7-8,10-11,14,18,21-22H,6,9,12-13,15-17,19H2. The molecular formula is C26H29N3O3S2. The zero-order valence-electron chi connectivity index (χ0n) is 19.0. The van der Waals surface area contributed by atoms with Gasteiger partial charge in [-0.3, -0.25) is 4.79 Å². The zero-order chi connectivity index (χ0) is 23.5. The molecule has 1 amide bonds. The number of fused-ring (bicyclic) bond motifs is 1. The normalized spacial score (nSPS) is 20.8. The average molecular weight is 496 g/mol. The molecule has 2 saturated heterocycles. The van der Waals surface area contributed by atoms with Gasteiger partial charge in [0.05, 0.1) is 15.2 Å². The topological polar surface area (TPSA) is 70.6 Å². The lowest BCUT2D eigenvalue weighted by Crippen LogP contribution is -2.46. The Bertz CT molecular complexity index is 1250. The molecule has 0 aliphatic carbocycles. The zero-order valence-corrected chi connectivity index (χ0v) is 20.7. The van der Waals surface area contributed by atoms with Gasteiger partial charge in [-0.15, -0.1) is 11.3 Å². The van der Waals surface area contributed by atoms with E-state index in [1.807, 2.05) is 53.4 Å². The van der Waals surface area contributed by atoms with E-state index in [4.69, 9.17) is 4.98 Å². The lowest BCUT2D eigenvalue weighted by atomic mass is 9.93. The summed E-state index contributed by atoms with van der Waals surface area (Å²) in [5.41, 5.74) is 1.88. The van der Waals surface area contributed by atoms with Gasteiger partial charge in [-0.1, -0.05) is 42.5 Å². The molecule has 2 aliphatic rings. The first-order chi connectivity index (χ1) is 16.5. The smallest absolute Gasteiger partial charge is 0.236 e. The number of aromatic nitrogens is 1. The van der Waals surface area contributed by atoms with Crippen molar-refractivity contribution < 1.29 is 13.2 Å². The maximum atomic E-state index is 13.3. The lowest BCUT2D eigenvalue weighted by molar-refractivity contribution is -0.138. The predicted molar refractivity (Wildman–Crippen MR) is 137 cm³/mol. The Balaban J connectivity index is 1.18. The Morgan fingerprint density at radius 2 is 1.71 bits per heavy atom. The number of hydrogen-bond donors (Lipinski definition) is 0. The summed E-state index contributed by atoms with van der Waals surface area (Å²) in [5.74, 6) is 0.333. The van der Waals surface area contributed by atoms with Crippen LogP contribution in [0.3, 0.4) is 0 Å². The van der Waals surface area contributed by atoms with Gasteiger partial charge in [0.15, 0.2) is 0 Å². The van der Waals surface area contributed by atoms with Crippen LogP contribution in [-0.2, 0) is 14.8 Å². The van der Waals surface area contributed by atoms with E-state index < -0.39 is 10.0 Å². The maximum Gasteiger partial charge on any atom is 0.236 e. The number of sulfonamides is 1. The van der Waals surface area contributed by atoms with Crippen molar-refractivity contribution in [3.05, 3.63) is 70.6 Å². The van der Waals surface area contributed by atoms with E-state index in [1.54, 1.807) is 17.4 Å². The Morgan fingerprint density at radius 3 is 2.47 bits per heavy atom. The molecule has 178 valence electrons. The first-order valence-corrected chi connectivity index (χ1v) is 14.2. The number of para-hydroxylation sites is 1. The molecule has 1 aromatic heterocycles. The van der Waals surface area contributed by atoms with E-state index in [9.17, 15) is 13.2 Å². The van der Waals surface area contributed by atoms with Gasteiger partial charge in [-0.2, -0.15) is 4.31 Å². The Morgan fingerprint density at radius 1 is 0.971 bits per heavy atom. The largest absolute Gasteiger partial charge is 0.342 e. The Labute approximate surface area is 205 Å². The van der Waals surface area contributed by atoms with Crippen LogP contribution < -0.4 is 0 Å². The molecule has 1 atom stereocenters. The minimum atomic E-state index is -3.49. The molecule has 2 fully saturated rings. The van der Waals surface area contributed by atoms with Crippen molar-refractivity contribution in [2.24, 2.45) is 5.92 Å². The summed E-state index contributed by atoms with van der Waals surface area (Å²) >= 11 is 1.73. The summed E-state index contributed by atoms with van der Waals surface area (Å²) in [7, 11) is -3.49. The summed E-state index contributed by atoms with van der Waals surface area (Å²) in [5, 5.41) is 2.39. The molecule has 0 spiro atoms. The third kappa shape index (κ3) is 5.09. The van der Waals surface area contributed by atoms with Gasteiger partial charge in [0.1, 0.15) is 0 Å². The average Bonchev–Trinajstić information content (AvgIpc) is 3.32. The first kappa shape index (κ1) is 23.2. The van der Waals surface area contributed by atoms with Crippen LogP contribution in [0.2, 0.25) is 0 Å². The highest BCUT2D eigenvalue weighted by Gasteiger charge is 2.34. The van der Waals surface area contributed by atoms with Gasteiger partial charge < -0.3 is 4.90 Å². The van der Waals surface area contributed by atoms with Crippen molar-refractivity contribution >= 4 is 43.6 Å². The minimum Gasteiger partial charge on any atom is -0.342 e. The Kier molecular flexibility index (Phi) is 6.81. The van der Waals surface area contributed by atoms with E-state index in [0.29, 0.717) is 32.5 Å². The van der Waals surface area contributed by atoms with Gasteiger partial charge in [-0.25, -0.2) is 13.4 Å². The van der Waals surface area contributed by atoms with E-state index in [1.165, 1.54) is 14.4 Å². The summed E-state index contributed by atoms with van der Waals surface area (Å²) in [4.78, 5) is 20.1. The van der Waals surface area contributed by atoms with Gasteiger partial charge in [0, 0.05) is 43.4 Å². The fraction of sp³-hybridized carbons (Fsp3) is 0.385. The van der Waals surface area contributed by atoms with E-state index in [-0.39, 0.29) is 17.7 Å². The number of thiazole rings is 1. The fourth-order valence-electron chi connectivity index (χ4n) is 4.87. The maximum absolute atomic E-state index is 13.3. The summed E-state index contributed by atoms with van der Waals surface area (Å²) in [6, 6.07) is 17.6. The van der Waals surface area contributed by atoms with E-state index in [2.05, 4.69) is 6.07 Å². The third-order valence-electron chi connectivity index (χ3n) is 6.79. The molecule has 0 bridgehead atoms. The number of amides is 1. The molecule has 8 heteroatoms. The number of carbonyl (C=O) groups excluding carboxylic acids is 1. The van der Waals surface area contributed by atoms with Crippen LogP contribution in [0.5, 0.6) is 0 Å². The number of hydrogen-bond acceptors (Lipinski definition) is 5. The molecule has 34 heavy (non-hydrogen) atoms. The number of piperidine rings is 2. The van der Waals surface area contributed by atoms with Crippen LogP contribution in [0.15, 0.2) is 60.0 Å². The summed E-state index contributed by atoms with van der Waals surface area (Å²) in [6.07, 6.45) is 4.79. The highest BCUT2D eigenvalue weighted by atomic mass is 32.2. The second kappa shape index (κ2) is 9.98. The van der Waals surface area contributed by atoms with Gasteiger partial charge in [0.2, 0.25) is 15.9 Å². The van der Waals surface area contributed by atoms with Crippen molar-refractivity contribution in [3.8, 4) is 0 Å². The van der Waals surface area contributed by atoms with Crippen molar-refractivity contribution in [3.63, 3.8) is 0 Å². The quantitative estimate of drug-likeness (QED) is 0.514. The lowest BCUT2D eigenvalue weighted by Gasteiger charge is -2.36. The Hall–Kier alpha value is -2.55. The van der Waals surface area contributed by atoms with Gasteiger partial charge in [0.25, 0.3) is 0 Å². The van der Waals surface area contributed by atoms with Gasteiger partial charge in [-0.05, 0) is 49.5 Å². The highest BCUT2D eigenvalue weighted by molar-refractivity contribution is 7.92. The molecule has 0 N–H and O–H groups in total. The minimum absolute atomic E-state index is 0.112. The second-order valence-electron chi connectivity index (χ2n) is 9.07. The molecule has 6 nitrogen and oxygen atoms in total. The van der Waals surface area contributed by atoms with Gasteiger partial charge >= 0.3 is 0 Å². The van der Waals surface area contributed by atoms with Crippen LogP contribution in [0.1, 0.15) is 42.2 Å². The number of benzene rings is 2. The fourth-order valence-corrected chi connectivity index (χ4v) is 7.19. The molecule has 5 rings (SSSR count). The van der Waals surface area contributed by atoms with Crippen molar-refractivity contribution in [1.29, 1.82) is 0 Å². The molecule has 0 saturated carbocycles. The second-order valence-corrected chi connectivity index (χ2v) is 12.0.